The molecule has 0 saturated heterocycles. The minimum atomic E-state index is -0.506. The summed E-state index contributed by atoms with van der Waals surface area (Å²) < 4.78 is 10.5. The molecule has 0 aliphatic carbocycles. The molecule has 116 valence electrons. The van der Waals surface area contributed by atoms with Gasteiger partial charge in [0.25, 0.3) is 0 Å². The third kappa shape index (κ3) is 4.28. The maximum Gasteiger partial charge on any atom is 0.376 e. The van der Waals surface area contributed by atoms with Crippen LogP contribution in [-0.2, 0) is 4.74 Å². The van der Waals surface area contributed by atoms with Crippen LogP contribution >= 0.6 is 0 Å². The summed E-state index contributed by atoms with van der Waals surface area (Å²) in [6.45, 7) is 4.92. The monoisotopic (exact) mass is 300 g/mol. The first-order valence-electron chi connectivity index (χ1n) is 7.47. The van der Waals surface area contributed by atoms with Crippen molar-refractivity contribution < 1.29 is 14.3 Å². The fourth-order valence-electron chi connectivity index (χ4n) is 1.86. The molecule has 1 aromatic heterocycles. The molecule has 0 saturated carbocycles. The van der Waals surface area contributed by atoms with Crippen molar-refractivity contribution in [3.8, 4) is 16.9 Å². The summed E-state index contributed by atoms with van der Waals surface area (Å²) >= 11 is 0. The highest BCUT2D eigenvalue weighted by atomic mass is 16.5. The van der Waals surface area contributed by atoms with E-state index in [-0.39, 0.29) is 5.82 Å². The van der Waals surface area contributed by atoms with Crippen LogP contribution in [0.5, 0.6) is 5.75 Å². The van der Waals surface area contributed by atoms with Crippen molar-refractivity contribution >= 4 is 5.97 Å². The molecule has 0 radical (unpaired) electrons. The smallest absolute Gasteiger partial charge is 0.376 e. The Bertz CT molecular complexity index is 594. The highest BCUT2D eigenvalue weighted by Gasteiger charge is 2.10. The van der Waals surface area contributed by atoms with E-state index in [1.165, 1.54) is 0 Å². The first-order valence-corrected chi connectivity index (χ1v) is 7.47. The average Bonchev–Trinajstić information content (AvgIpc) is 2.56. The largest absolute Gasteiger partial charge is 0.494 e. The Morgan fingerprint density at radius 1 is 1.05 bits per heavy atom. The molecule has 2 rings (SSSR count). The lowest BCUT2D eigenvalue weighted by atomic mass is 10.1. The summed E-state index contributed by atoms with van der Waals surface area (Å²) in [7, 11) is 0. The minimum Gasteiger partial charge on any atom is -0.494 e. The Hall–Kier alpha value is -2.43. The maximum atomic E-state index is 11.5. The van der Waals surface area contributed by atoms with Gasteiger partial charge in [0.05, 0.1) is 13.2 Å². The quantitative estimate of drug-likeness (QED) is 0.578. The molecule has 0 atom stereocenters. The van der Waals surface area contributed by atoms with Gasteiger partial charge in [-0.3, -0.25) is 0 Å². The molecule has 0 fully saturated rings. The Labute approximate surface area is 130 Å². The summed E-state index contributed by atoms with van der Waals surface area (Å²) in [4.78, 5) is 19.6. The number of esters is 1. The van der Waals surface area contributed by atoms with E-state index >= 15 is 0 Å². The molecule has 1 aromatic carbocycles. The van der Waals surface area contributed by atoms with Crippen LogP contribution in [0.15, 0.2) is 36.7 Å². The second kappa shape index (κ2) is 8.12. The maximum absolute atomic E-state index is 11.5. The van der Waals surface area contributed by atoms with Crippen LogP contribution in [0.4, 0.5) is 0 Å². The molecule has 0 unspecified atom stereocenters. The lowest BCUT2D eigenvalue weighted by molar-refractivity contribution is 0.0512. The van der Waals surface area contributed by atoms with E-state index in [0.29, 0.717) is 6.61 Å². The SMILES string of the molecule is CCCCOc1ccc(-c2cnc(C(=O)OCC)nc2)cc1. The number of rotatable bonds is 7. The molecular formula is C17H20N2O3. The van der Waals surface area contributed by atoms with Crippen LogP contribution in [0.2, 0.25) is 0 Å². The molecule has 2 aromatic rings. The number of carbonyl (C=O) groups is 1. The fraction of sp³-hybridized carbons (Fsp3) is 0.353. The van der Waals surface area contributed by atoms with Gasteiger partial charge in [-0.2, -0.15) is 0 Å². The highest BCUT2D eigenvalue weighted by molar-refractivity contribution is 5.85. The van der Waals surface area contributed by atoms with Crippen LogP contribution in [0.1, 0.15) is 37.3 Å². The third-order valence-corrected chi connectivity index (χ3v) is 3.06. The number of unbranched alkanes of at least 4 members (excludes halogenated alkanes) is 1. The zero-order valence-corrected chi connectivity index (χ0v) is 12.9. The van der Waals surface area contributed by atoms with E-state index in [9.17, 15) is 4.79 Å². The molecule has 0 amide bonds. The normalized spacial score (nSPS) is 10.3. The van der Waals surface area contributed by atoms with E-state index in [1.807, 2.05) is 24.3 Å². The van der Waals surface area contributed by atoms with E-state index < -0.39 is 5.97 Å². The summed E-state index contributed by atoms with van der Waals surface area (Å²) in [5.74, 6) is 0.417. The first kappa shape index (κ1) is 15.9. The van der Waals surface area contributed by atoms with E-state index in [2.05, 4.69) is 16.9 Å². The summed E-state index contributed by atoms with van der Waals surface area (Å²) in [6, 6.07) is 7.74. The van der Waals surface area contributed by atoms with Gasteiger partial charge in [-0.05, 0) is 31.0 Å². The standard InChI is InChI=1S/C17H20N2O3/c1-3-5-10-22-15-8-6-13(7-9-15)14-11-18-16(19-12-14)17(20)21-4-2/h6-9,11-12H,3-5,10H2,1-2H3. The minimum absolute atomic E-state index is 0.0742. The van der Waals surface area contributed by atoms with Crippen LogP contribution in [0.3, 0.4) is 0 Å². The average molecular weight is 300 g/mol. The molecular weight excluding hydrogens is 280 g/mol. The summed E-state index contributed by atoms with van der Waals surface area (Å²) in [6.07, 6.45) is 5.39. The number of hydrogen-bond acceptors (Lipinski definition) is 5. The van der Waals surface area contributed by atoms with E-state index in [0.717, 1.165) is 36.3 Å². The number of hydrogen-bond donors (Lipinski definition) is 0. The second-order valence-electron chi connectivity index (χ2n) is 4.74. The highest BCUT2D eigenvalue weighted by Crippen LogP contribution is 2.21. The molecule has 0 aliphatic heterocycles. The predicted molar refractivity (Wildman–Crippen MR) is 83.8 cm³/mol. The van der Waals surface area contributed by atoms with Crippen molar-refractivity contribution in [1.82, 2.24) is 9.97 Å². The molecule has 5 nitrogen and oxygen atoms in total. The van der Waals surface area contributed by atoms with E-state index in [4.69, 9.17) is 9.47 Å². The van der Waals surface area contributed by atoms with Gasteiger partial charge in [0.1, 0.15) is 5.75 Å². The number of ether oxygens (including phenoxy) is 2. The molecule has 22 heavy (non-hydrogen) atoms. The van der Waals surface area contributed by atoms with Crippen LogP contribution in [0, 0.1) is 0 Å². The van der Waals surface area contributed by atoms with Crippen molar-refractivity contribution in [3.63, 3.8) is 0 Å². The van der Waals surface area contributed by atoms with Gasteiger partial charge >= 0.3 is 5.97 Å². The van der Waals surface area contributed by atoms with Crippen LogP contribution in [0.25, 0.3) is 11.1 Å². The van der Waals surface area contributed by atoms with Crippen LogP contribution < -0.4 is 4.74 Å². The van der Waals surface area contributed by atoms with Gasteiger partial charge in [0.15, 0.2) is 0 Å². The predicted octanol–water partition coefficient (Wildman–Crippen LogP) is 3.50. The van der Waals surface area contributed by atoms with Gasteiger partial charge in [0, 0.05) is 18.0 Å². The zero-order valence-electron chi connectivity index (χ0n) is 12.9. The molecule has 0 aliphatic rings. The second-order valence-corrected chi connectivity index (χ2v) is 4.74. The topological polar surface area (TPSA) is 61.3 Å². The summed E-state index contributed by atoms with van der Waals surface area (Å²) in [5, 5.41) is 0. The van der Waals surface area contributed by atoms with Gasteiger partial charge in [-0.15, -0.1) is 0 Å². The number of carbonyl (C=O) groups excluding carboxylic acids is 1. The van der Waals surface area contributed by atoms with E-state index in [1.54, 1.807) is 19.3 Å². The molecule has 0 N–H and O–H groups in total. The third-order valence-electron chi connectivity index (χ3n) is 3.06. The number of benzene rings is 1. The van der Waals surface area contributed by atoms with Crippen molar-refractivity contribution in [3.05, 3.63) is 42.5 Å². The lowest BCUT2D eigenvalue weighted by Gasteiger charge is -2.07. The zero-order chi connectivity index (χ0) is 15.8. The van der Waals surface area contributed by atoms with Gasteiger partial charge in [-0.1, -0.05) is 25.5 Å². The van der Waals surface area contributed by atoms with Gasteiger partial charge in [-0.25, -0.2) is 14.8 Å². The number of aromatic nitrogens is 2. The van der Waals surface area contributed by atoms with Gasteiger partial charge in [0.2, 0.25) is 5.82 Å². The Kier molecular flexibility index (Phi) is 5.89. The Morgan fingerprint density at radius 2 is 1.73 bits per heavy atom. The Morgan fingerprint density at radius 3 is 2.32 bits per heavy atom. The lowest BCUT2D eigenvalue weighted by Crippen LogP contribution is -2.09. The molecule has 0 bridgehead atoms. The van der Waals surface area contributed by atoms with Gasteiger partial charge < -0.3 is 9.47 Å². The van der Waals surface area contributed by atoms with Crippen molar-refractivity contribution in [1.29, 1.82) is 0 Å². The van der Waals surface area contributed by atoms with Crippen LogP contribution in [-0.4, -0.2) is 29.2 Å². The van der Waals surface area contributed by atoms with Crippen molar-refractivity contribution in [2.45, 2.75) is 26.7 Å². The molecule has 0 spiro atoms. The van der Waals surface area contributed by atoms with Crippen molar-refractivity contribution in [2.75, 3.05) is 13.2 Å². The summed E-state index contributed by atoms with van der Waals surface area (Å²) in [5.41, 5.74) is 1.81. The Balaban J connectivity index is 2.03. The first-order chi connectivity index (χ1) is 10.7. The molecule has 1 heterocycles. The number of nitrogens with zero attached hydrogens (tertiary/aromatic N) is 2. The molecule has 5 heteroatoms. The van der Waals surface area contributed by atoms with Crippen molar-refractivity contribution in [2.24, 2.45) is 0 Å². The fourth-order valence-corrected chi connectivity index (χ4v) is 1.86.